The van der Waals surface area contributed by atoms with Crippen LogP contribution in [0, 0.1) is 5.92 Å². The van der Waals surface area contributed by atoms with Gasteiger partial charge in [-0.3, -0.25) is 9.10 Å². The van der Waals surface area contributed by atoms with E-state index in [-0.39, 0.29) is 22.9 Å². The molecular weight excluding hydrogens is 371 g/mol. The molecule has 136 valence electrons. The van der Waals surface area contributed by atoms with Crippen molar-refractivity contribution >= 4 is 44.8 Å². The normalized spacial score (nSPS) is 14.3. The zero-order valence-electron chi connectivity index (χ0n) is 14.5. The van der Waals surface area contributed by atoms with Gasteiger partial charge >= 0.3 is 0 Å². The number of nitrogens with zero attached hydrogens (tertiary/aromatic N) is 1. The number of carbonyl (C=O) groups excluding carboxylic acids is 1. The van der Waals surface area contributed by atoms with Gasteiger partial charge in [0.15, 0.2) is 0 Å². The summed E-state index contributed by atoms with van der Waals surface area (Å²) in [6.07, 6.45) is 1.39. The minimum absolute atomic E-state index is 0.0678. The fraction of sp³-hybridized carbons (Fsp3) is 0.562. The highest BCUT2D eigenvalue weighted by atomic mass is 35.5. The predicted molar refractivity (Wildman–Crippen MR) is 100 cm³/mol. The molecule has 0 aliphatic carbocycles. The number of benzene rings is 1. The Labute approximate surface area is 154 Å². The van der Waals surface area contributed by atoms with E-state index in [4.69, 9.17) is 23.2 Å². The topological polar surface area (TPSA) is 66.5 Å². The molecule has 0 bridgehead atoms. The lowest BCUT2D eigenvalue weighted by atomic mass is 10.1. The largest absolute Gasteiger partial charge is 0.352 e. The molecule has 2 atom stereocenters. The molecule has 5 nitrogen and oxygen atoms in total. The second-order valence-electron chi connectivity index (χ2n) is 6.12. The molecule has 0 aliphatic heterocycles. The monoisotopic (exact) mass is 394 g/mol. The number of rotatable bonds is 7. The highest BCUT2D eigenvalue weighted by Crippen LogP contribution is 2.30. The van der Waals surface area contributed by atoms with Gasteiger partial charge in [-0.15, -0.1) is 0 Å². The summed E-state index contributed by atoms with van der Waals surface area (Å²) in [5, 5.41) is 3.42. The summed E-state index contributed by atoms with van der Waals surface area (Å²) >= 11 is 11.9. The minimum atomic E-state index is -3.69. The van der Waals surface area contributed by atoms with E-state index < -0.39 is 16.1 Å². The zero-order chi connectivity index (χ0) is 18.7. The molecule has 8 heteroatoms. The second kappa shape index (κ2) is 8.41. The molecule has 0 aromatic heterocycles. The van der Waals surface area contributed by atoms with Crippen molar-refractivity contribution in [2.45, 2.75) is 46.2 Å². The summed E-state index contributed by atoms with van der Waals surface area (Å²) in [7, 11) is -3.69. The molecule has 0 unspecified atom stereocenters. The van der Waals surface area contributed by atoms with Crippen LogP contribution in [-0.4, -0.2) is 32.7 Å². The smallest absolute Gasteiger partial charge is 0.244 e. The molecular formula is C16H24Cl2N2O3S. The highest BCUT2D eigenvalue weighted by molar-refractivity contribution is 7.92. The van der Waals surface area contributed by atoms with E-state index in [1.54, 1.807) is 6.92 Å². The fourth-order valence-corrected chi connectivity index (χ4v) is 3.67. The Morgan fingerprint density at radius 2 is 1.79 bits per heavy atom. The number of halogens is 2. The van der Waals surface area contributed by atoms with Gasteiger partial charge in [0.05, 0.1) is 22.0 Å². The molecule has 0 spiro atoms. The van der Waals surface area contributed by atoms with Crippen LogP contribution in [0.15, 0.2) is 18.2 Å². The van der Waals surface area contributed by atoms with Crippen LogP contribution in [0.4, 0.5) is 5.69 Å². The van der Waals surface area contributed by atoms with E-state index in [1.165, 1.54) is 18.2 Å². The standard InChI is InChI=1S/C16H24Cl2N2O3S/c1-6-15(16(21)19-11(4)10(2)3)20(24(5,22)23)12-7-8-13(17)14(18)9-12/h7-11,15H,6H2,1-5H3,(H,19,21)/t11-,15-/m0/s1. The Bertz CT molecular complexity index is 693. The van der Waals surface area contributed by atoms with Crippen LogP contribution < -0.4 is 9.62 Å². The number of hydrogen-bond acceptors (Lipinski definition) is 3. The van der Waals surface area contributed by atoms with E-state index in [0.29, 0.717) is 17.1 Å². The molecule has 1 aromatic carbocycles. The van der Waals surface area contributed by atoms with Gasteiger partial charge < -0.3 is 5.32 Å². The minimum Gasteiger partial charge on any atom is -0.352 e. The number of carbonyl (C=O) groups is 1. The van der Waals surface area contributed by atoms with Gasteiger partial charge in [0.25, 0.3) is 0 Å². The summed E-state index contributed by atoms with van der Waals surface area (Å²) in [4.78, 5) is 12.6. The quantitative estimate of drug-likeness (QED) is 0.766. The van der Waals surface area contributed by atoms with Crippen molar-refractivity contribution in [3.05, 3.63) is 28.2 Å². The van der Waals surface area contributed by atoms with Gasteiger partial charge in [0.2, 0.25) is 15.9 Å². The maximum absolute atomic E-state index is 12.6. The second-order valence-corrected chi connectivity index (χ2v) is 8.80. The molecule has 1 rings (SSSR count). The van der Waals surface area contributed by atoms with Gasteiger partial charge in [-0.1, -0.05) is 44.0 Å². The highest BCUT2D eigenvalue weighted by Gasteiger charge is 2.32. The summed E-state index contributed by atoms with van der Waals surface area (Å²) in [5.41, 5.74) is 0.311. The number of sulfonamides is 1. The molecule has 0 heterocycles. The lowest BCUT2D eigenvalue weighted by Crippen LogP contribution is -2.52. The summed E-state index contributed by atoms with van der Waals surface area (Å²) in [6, 6.07) is 3.57. The van der Waals surface area contributed by atoms with Crippen LogP contribution in [-0.2, 0) is 14.8 Å². The SMILES string of the molecule is CC[C@@H](C(=O)N[C@@H](C)C(C)C)N(c1ccc(Cl)c(Cl)c1)S(C)(=O)=O. The van der Waals surface area contributed by atoms with E-state index in [1.807, 2.05) is 20.8 Å². The van der Waals surface area contributed by atoms with Crippen molar-refractivity contribution in [2.24, 2.45) is 5.92 Å². The van der Waals surface area contributed by atoms with Crippen LogP contribution in [0.25, 0.3) is 0 Å². The average molecular weight is 395 g/mol. The fourth-order valence-electron chi connectivity index (χ4n) is 2.17. The molecule has 0 aliphatic rings. The lowest BCUT2D eigenvalue weighted by Gasteiger charge is -2.31. The molecule has 1 amide bonds. The van der Waals surface area contributed by atoms with Crippen molar-refractivity contribution in [1.82, 2.24) is 5.32 Å². The maximum atomic E-state index is 12.6. The Morgan fingerprint density at radius 3 is 2.21 bits per heavy atom. The predicted octanol–water partition coefficient (Wildman–Crippen LogP) is 3.70. The number of hydrogen-bond donors (Lipinski definition) is 1. The zero-order valence-corrected chi connectivity index (χ0v) is 16.8. The van der Waals surface area contributed by atoms with Crippen LogP contribution in [0.5, 0.6) is 0 Å². The third-order valence-corrected chi connectivity index (χ3v) is 5.78. The molecule has 24 heavy (non-hydrogen) atoms. The van der Waals surface area contributed by atoms with Crippen LogP contribution >= 0.6 is 23.2 Å². The van der Waals surface area contributed by atoms with Gasteiger partial charge in [0.1, 0.15) is 6.04 Å². The van der Waals surface area contributed by atoms with E-state index in [9.17, 15) is 13.2 Å². The molecule has 0 radical (unpaired) electrons. The first kappa shape index (κ1) is 21.1. The molecule has 0 fully saturated rings. The first-order chi connectivity index (χ1) is 11.0. The van der Waals surface area contributed by atoms with Crippen molar-refractivity contribution in [3.63, 3.8) is 0 Å². The third-order valence-electron chi connectivity index (χ3n) is 3.86. The average Bonchev–Trinajstić information content (AvgIpc) is 2.46. The summed E-state index contributed by atoms with van der Waals surface area (Å²) in [5.74, 6) is -0.0988. The molecule has 0 saturated heterocycles. The van der Waals surface area contributed by atoms with E-state index in [0.717, 1.165) is 10.6 Å². The van der Waals surface area contributed by atoms with Crippen molar-refractivity contribution in [2.75, 3.05) is 10.6 Å². The Balaban J connectivity index is 3.27. The number of anilines is 1. The van der Waals surface area contributed by atoms with Gasteiger partial charge in [-0.2, -0.15) is 0 Å². The summed E-state index contributed by atoms with van der Waals surface area (Å²) < 4.78 is 25.7. The van der Waals surface area contributed by atoms with Crippen LogP contribution in [0.3, 0.4) is 0 Å². The van der Waals surface area contributed by atoms with Gasteiger partial charge in [0, 0.05) is 6.04 Å². The van der Waals surface area contributed by atoms with Gasteiger partial charge in [-0.25, -0.2) is 8.42 Å². The summed E-state index contributed by atoms with van der Waals surface area (Å²) in [6.45, 7) is 7.62. The Hall–Kier alpha value is -0.980. The molecule has 1 N–H and O–H groups in total. The molecule has 0 saturated carbocycles. The first-order valence-electron chi connectivity index (χ1n) is 7.73. The lowest BCUT2D eigenvalue weighted by molar-refractivity contribution is -0.123. The maximum Gasteiger partial charge on any atom is 0.244 e. The van der Waals surface area contributed by atoms with Crippen LogP contribution in [0.2, 0.25) is 10.0 Å². The molecule has 1 aromatic rings. The first-order valence-corrected chi connectivity index (χ1v) is 10.3. The van der Waals surface area contributed by atoms with Crippen molar-refractivity contribution in [1.29, 1.82) is 0 Å². The van der Waals surface area contributed by atoms with E-state index >= 15 is 0 Å². The van der Waals surface area contributed by atoms with Crippen molar-refractivity contribution in [3.8, 4) is 0 Å². The van der Waals surface area contributed by atoms with Crippen molar-refractivity contribution < 1.29 is 13.2 Å². The Kier molecular flexibility index (Phi) is 7.38. The number of amides is 1. The van der Waals surface area contributed by atoms with E-state index in [2.05, 4.69) is 5.32 Å². The van der Waals surface area contributed by atoms with Crippen LogP contribution in [0.1, 0.15) is 34.1 Å². The Morgan fingerprint density at radius 1 is 1.21 bits per heavy atom. The third kappa shape index (κ3) is 5.26. The van der Waals surface area contributed by atoms with Gasteiger partial charge in [-0.05, 0) is 37.5 Å². The number of nitrogens with one attached hydrogen (secondary N) is 1.